The Morgan fingerprint density at radius 2 is 0.917 bits per heavy atom. The van der Waals surface area contributed by atoms with Crippen LogP contribution in [-0.4, -0.2) is 0 Å². The van der Waals surface area contributed by atoms with Gasteiger partial charge in [0, 0.05) is 34.1 Å². The average molecular weight is 546 g/mol. The molecule has 2 unspecified atom stereocenters. The topological polar surface area (TPSA) is 0 Å². The molecule has 0 fully saturated rings. The molecule has 36 heavy (non-hydrogen) atoms. The van der Waals surface area contributed by atoms with Gasteiger partial charge < -0.3 is 29.8 Å². The van der Waals surface area contributed by atoms with Crippen LogP contribution in [0, 0.1) is 24.3 Å². The molecule has 2 atom stereocenters. The molecule has 0 amide bonds. The molecule has 0 bridgehead atoms. The molecule has 6 rings (SSSR count). The van der Waals surface area contributed by atoms with Crippen molar-refractivity contribution in [2.75, 3.05) is 0 Å². The van der Waals surface area contributed by atoms with Crippen LogP contribution in [0.15, 0.2) is 146 Å². The maximum atomic E-state index is 3.21. The van der Waals surface area contributed by atoms with Crippen LogP contribution < -0.4 is 0 Å². The summed E-state index contributed by atoms with van der Waals surface area (Å²) >= 11 is 0. The molecule has 0 aromatic heterocycles. The van der Waals surface area contributed by atoms with Crippen molar-refractivity contribution in [3.8, 4) is 0 Å². The van der Waals surface area contributed by atoms with E-state index in [1.165, 1.54) is 16.7 Å². The van der Waals surface area contributed by atoms with Gasteiger partial charge in [-0.2, -0.15) is 60.0 Å². The van der Waals surface area contributed by atoms with Gasteiger partial charge in [0.1, 0.15) is 0 Å². The van der Waals surface area contributed by atoms with Crippen molar-refractivity contribution in [2.45, 2.75) is 11.8 Å². The summed E-state index contributed by atoms with van der Waals surface area (Å²) in [5.41, 5.74) is 4.86. The molecule has 6 aromatic carbocycles. The Hall–Kier alpha value is -3.12. The molecule has 0 aliphatic heterocycles. The second kappa shape index (κ2) is 16.5. The summed E-state index contributed by atoms with van der Waals surface area (Å²) in [6.07, 6.45) is 0. The first-order valence-corrected chi connectivity index (χ1v) is 11.5. The minimum atomic E-state index is 0. The SMILES string of the molecule is [Fe].[Fe].[c-]1[c-][c-][c-](C(c2ccccc2)C(c2ccccc2)[c-]2cccc2)[c-]1.c1cc[cH-]c1.c1cc[cH-]c1. The molecule has 0 radical (unpaired) electrons. The third kappa shape index (κ3) is 8.52. The molecule has 0 spiro atoms. The van der Waals surface area contributed by atoms with Gasteiger partial charge in [0.2, 0.25) is 0 Å². The fraction of sp³-hybridized carbons (Fsp3) is 0.0588. The molecule has 0 saturated carbocycles. The molecule has 0 heterocycles. The van der Waals surface area contributed by atoms with E-state index in [0.717, 1.165) is 5.56 Å². The normalized spacial score (nSPS) is 11.2. The molecule has 6 aromatic rings. The second-order valence-electron chi connectivity index (χ2n) is 7.83. The average Bonchev–Trinajstić information content (AvgIpc) is 3.72. The van der Waals surface area contributed by atoms with Gasteiger partial charge in [-0.15, -0.1) is 0 Å². The predicted octanol–water partition coefficient (Wildman–Crippen LogP) is 8.10. The van der Waals surface area contributed by atoms with E-state index < -0.39 is 0 Å². The van der Waals surface area contributed by atoms with Crippen molar-refractivity contribution in [3.05, 3.63) is 192 Å². The molecule has 2 heteroatoms. The van der Waals surface area contributed by atoms with Crippen LogP contribution in [0.4, 0.5) is 0 Å². The molecular formula is C34H26Fe2-8. The third-order valence-corrected chi connectivity index (χ3v) is 5.58. The van der Waals surface area contributed by atoms with E-state index in [-0.39, 0.29) is 46.0 Å². The number of hydrogen-bond donors (Lipinski definition) is 0. The molecule has 0 nitrogen and oxygen atoms in total. The maximum Gasteiger partial charge on any atom is 0 e. The summed E-state index contributed by atoms with van der Waals surface area (Å²) in [4.78, 5) is 0. The fourth-order valence-corrected chi connectivity index (χ4v) is 4.05. The van der Waals surface area contributed by atoms with Gasteiger partial charge in [-0.3, -0.25) is 0 Å². The third-order valence-electron chi connectivity index (χ3n) is 5.58. The Morgan fingerprint density at radius 3 is 1.31 bits per heavy atom. The summed E-state index contributed by atoms with van der Waals surface area (Å²) < 4.78 is 0. The molecule has 186 valence electrons. The summed E-state index contributed by atoms with van der Waals surface area (Å²) in [5.74, 6) is 0.346. The Labute approximate surface area is 237 Å². The van der Waals surface area contributed by atoms with E-state index in [1.807, 2.05) is 60.7 Å². The summed E-state index contributed by atoms with van der Waals surface area (Å²) in [5, 5.41) is 0. The van der Waals surface area contributed by atoms with Crippen LogP contribution in [0.3, 0.4) is 0 Å². The van der Waals surface area contributed by atoms with Gasteiger partial charge >= 0.3 is 0 Å². The van der Waals surface area contributed by atoms with Crippen LogP contribution in [0.5, 0.6) is 0 Å². The van der Waals surface area contributed by atoms with Crippen molar-refractivity contribution in [2.24, 2.45) is 0 Å². The largest absolute Gasteiger partial charge is 0.998 e. The summed E-state index contributed by atoms with van der Waals surface area (Å²) in [7, 11) is 0. The van der Waals surface area contributed by atoms with Crippen LogP contribution in [0.2, 0.25) is 0 Å². The minimum Gasteiger partial charge on any atom is -0.998 e. The Bertz CT molecular complexity index is 1080. The molecule has 0 saturated heterocycles. The van der Waals surface area contributed by atoms with Crippen LogP contribution in [-0.2, 0) is 34.1 Å². The first-order chi connectivity index (χ1) is 16.9. The van der Waals surface area contributed by atoms with Crippen LogP contribution >= 0.6 is 0 Å². The predicted molar refractivity (Wildman–Crippen MR) is 140 cm³/mol. The van der Waals surface area contributed by atoms with E-state index in [9.17, 15) is 0 Å². The first kappa shape index (κ1) is 29.1. The Balaban J connectivity index is 0.000000317. The van der Waals surface area contributed by atoms with Gasteiger partial charge in [-0.25, -0.2) is 36.4 Å². The van der Waals surface area contributed by atoms with E-state index in [2.05, 4.69) is 109 Å². The van der Waals surface area contributed by atoms with Crippen molar-refractivity contribution < 1.29 is 34.1 Å². The van der Waals surface area contributed by atoms with Gasteiger partial charge in [-0.1, -0.05) is 77.7 Å². The maximum absolute atomic E-state index is 3.21. The quantitative estimate of drug-likeness (QED) is 0.152. The molecule has 0 aliphatic rings. The van der Waals surface area contributed by atoms with E-state index in [0.29, 0.717) is 0 Å². The van der Waals surface area contributed by atoms with Gasteiger partial charge in [-0.05, 0) is 0 Å². The monoisotopic (exact) mass is 546 g/mol. The van der Waals surface area contributed by atoms with Crippen molar-refractivity contribution in [3.63, 3.8) is 0 Å². The van der Waals surface area contributed by atoms with Crippen molar-refractivity contribution in [1.29, 1.82) is 0 Å². The second-order valence-corrected chi connectivity index (χ2v) is 7.83. The van der Waals surface area contributed by atoms with Crippen molar-refractivity contribution in [1.82, 2.24) is 0 Å². The zero-order valence-corrected chi connectivity index (χ0v) is 21.9. The summed E-state index contributed by atoms with van der Waals surface area (Å²) in [6, 6.07) is 62.1. The molecular weight excluding hydrogens is 520 g/mol. The van der Waals surface area contributed by atoms with Gasteiger partial charge in [0.15, 0.2) is 0 Å². The van der Waals surface area contributed by atoms with Gasteiger partial charge in [0.05, 0.1) is 0 Å². The minimum absolute atomic E-state index is 0. The number of hydrogen-bond acceptors (Lipinski definition) is 0. The number of benzene rings is 2. The fourth-order valence-electron chi connectivity index (χ4n) is 4.05. The Kier molecular flexibility index (Phi) is 13.4. The van der Waals surface area contributed by atoms with E-state index in [1.54, 1.807) is 0 Å². The smallest absolute Gasteiger partial charge is 0 e. The zero-order valence-electron chi connectivity index (χ0n) is 19.7. The molecule has 0 aliphatic carbocycles. The van der Waals surface area contributed by atoms with E-state index in [4.69, 9.17) is 0 Å². The van der Waals surface area contributed by atoms with E-state index >= 15 is 0 Å². The van der Waals surface area contributed by atoms with Crippen molar-refractivity contribution >= 4 is 0 Å². The zero-order chi connectivity index (χ0) is 23.3. The van der Waals surface area contributed by atoms with Gasteiger partial charge in [0.25, 0.3) is 0 Å². The first-order valence-electron chi connectivity index (χ1n) is 11.5. The summed E-state index contributed by atoms with van der Waals surface area (Å²) in [6.45, 7) is 0. The standard InChI is InChI=1S/C24H16.2C5H5.2Fe/c1-3-11-19(12-4-1)23(21-15-7-8-16-21)24(22-17-9-10-18-22)20-13-5-2-6-14-20;2*1-2-4-5-3-1;;/h1-8,11-16,23-24H;2*1-5H;;/q-6;2*-1;;. The van der Waals surface area contributed by atoms with Crippen LogP contribution in [0.1, 0.15) is 34.1 Å². The molecule has 0 N–H and O–H groups in total. The number of rotatable bonds is 5. The van der Waals surface area contributed by atoms with Crippen LogP contribution in [0.25, 0.3) is 0 Å². The Morgan fingerprint density at radius 1 is 0.500 bits per heavy atom.